The Morgan fingerprint density at radius 3 is 2.50 bits per heavy atom. The first-order chi connectivity index (χ1) is 8.65. The summed E-state index contributed by atoms with van der Waals surface area (Å²) in [6.07, 6.45) is 4.24. The van der Waals surface area contributed by atoms with Crippen LogP contribution in [0.4, 0.5) is 0 Å². The third-order valence-electron chi connectivity index (χ3n) is 3.43. The largest absolute Gasteiger partial charge is 0.275 e. The Morgan fingerprint density at radius 1 is 1.22 bits per heavy atom. The summed E-state index contributed by atoms with van der Waals surface area (Å²) in [5, 5.41) is 5.26. The molecule has 0 aliphatic heterocycles. The molecule has 0 saturated heterocycles. The van der Waals surface area contributed by atoms with Crippen LogP contribution < -0.4 is 0 Å². The van der Waals surface area contributed by atoms with Crippen LogP contribution in [-0.4, -0.2) is 9.78 Å². The molecule has 1 aromatic heterocycles. The second-order valence-corrected chi connectivity index (χ2v) is 5.06. The van der Waals surface area contributed by atoms with Gasteiger partial charge in [-0.05, 0) is 42.5 Å². The lowest BCUT2D eigenvalue weighted by molar-refractivity contribution is 0.642. The van der Waals surface area contributed by atoms with Crippen LogP contribution in [0.2, 0.25) is 5.02 Å². The van der Waals surface area contributed by atoms with E-state index in [4.69, 9.17) is 11.6 Å². The number of aromatic nitrogens is 2. The zero-order valence-corrected chi connectivity index (χ0v) is 11.9. The summed E-state index contributed by atoms with van der Waals surface area (Å²) in [5.41, 5.74) is 3.52. The monoisotopic (exact) mass is 262 g/mol. The lowest BCUT2D eigenvalue weighted by Crippen LogP contribution is -1.99. The van der Waals surface area contributed by atoms with Crippen molar-refractivity contribution in [1.82, 2.24) is 9.78 Å². The zero-order chi connectivity index (χ0) is 13.1. The molecule has 2 rings (SSSR count). The third-order valence-corrected chi connectivity index (χ3v) is 3.67. The molecule has 0 spiro atoms. The minimum Gasteiger partial charge on any atom is -0.275 e. The molecule has 0 saturated carbocycles. The number of benzene rings is 1. The van der Waals surface area contributed by atoms with E-state index >= 15 is 0 Å². The highest BCUT2D eigenvalue weighted by Gasteiger charge is 2.15. The van der Waals surface area contributed by atoms with Gasteiger partial charge in [-0.3, -0.25) is 4.68 Å². The van der Waals surface area contributed by atoms with E-state index in [1.54, 1.807) is 0 Å². The number of halogens is 1. The van der Waals surface area contributed by atoms with Gasteiger partial charge in [-0.2, -0.15) is 5.10 Å². The number of hydrogen-bond acceptors (Lipinski definition) is 1. The highest BCUT2D eigenvalue weighted by atomic mass is 35.5. The molecule has 96 valence electrons. The van der Waals surface area contributed by atoms with E-state index < -0.39 is 0 Å². The summed E-state index contributed by atoms with van der Waals surface area (Å²) in [6, 6.07) is 8.18. The summed E-state index contributed by atoms with van der Waals surface area (Å²) in [4.78, 5) is 0. The molecule has 18 heavy (non-hydrogen) atoms. The molecule has 1 aromatic carbocycles. The number of hydrogen-bond donors (Lipinski definition) is 0. The Kier molecular flexibility index (Phi) is 4.07. The summed E-state index contributed by atoms with van der Waals surface area (Å²) in [7, 11) is 1.94. The Hall–Kier alpha value is -1.28. The van der Waals surface area contributed by atoms with Crippen molar-refractivity contribution in [2.45, 2.75) is 32.6 Å². The van der Waals surface area contributed by atoms with E-state index in [9.17, 15) is 0 Å². The maximum absolute atomic E-state index is 6.13. The zero-order valence-electron chi connectivity index (χ0n) is 11.2. The van der Waals surface area contributed by atoms with Crippen LogP contribution in [0.3, 0.4) is 0 Å². The van der Waals surface area contributed by atoms with Crippen LogP contribution in [0, 0.1) is 0 Å². The smallest absolute Gasteiger partial charge is 0.0926 e. The molecular formula is C15H19ClN2. The maximum atomic E-state index is 6.13. The molecular weight excluding hydrogens is 244 g/mol. The molecule has 1 heterocycles. The average molecular weight is 263 g/mol. The van der Waals surface area contributed by atoms with Crippen molar-refractivity contribution in [1.29, 1.82) is 0 Å². The summed E-state index contributed by atoms with van der Waals surface area (Å²) >= 11 is 6.13. The van der Waals surface area contributed by atoms with Crippen molar-refractivity contribution >= 4 is 11.6 Å². The van der Waals surface area contributed by atoms with Gasteiger partial charge in [-0.25, -0.2) is 0 Å². The summed E-state index contributed by atoms with van der Waals surface area (Å²) in [5.74, 6) is 0.569. The van der Waals surface area contributed by atoms with Gasteiger partial charge in [0.05, 0.1) is 5.69 Å². The quantitative estimate of drug-likeness (QED) is 0.785. The van der Waals surface area contributed by atoms with Crippen LogP contribution in [0.1, 0.15) is 38.2 Å². The number of aryl methyl sites for hydroxylation is 1. The molecule has 0 bridgehead atoms. The molecule has 0 aliphatic carbocycles. The van der Waals surface area contributed by atoms with Crippen LogP contribution >= 0.6 is 11.6 Å². The minimum absolute atomic E-state index is 0.569. The molecule has 3 heteroatoms. The van der Waals surface area contributed by atoms with E-state index in [1.165, 1.54) is 5.56 Å². The van der Waals surface area contributed by atoms with Crippen molar-refractivity contribution in [2.24, 2.45) is 7.05 Å². The van der Waals surface area contributed by atoms with E-state index in [0.29, 0.717) is 5.92 Å². The van der Waals surface area contributed by atoms with Crippen LogP contribution in [0.15, 0.2) is 30.5 Å². The lowest BCUT2D eigenvalue weighted by atomic mass is 9.89. The van der Waals surface area contributed by atoms with E-state index in [1.807, 2.05) is 36.1 Å². The topological polar surface area (TPSA) is 17.8 Å². The Labute approximate surface area is 114 Å². The number of nitrogens with zero attached hydrogens (tertiary/aromatic N) is 2. The van der Waals surface area contributed by atoms with Gasteiger partial charge in [-0.15, -0.1) is 0 Å². The Bertz CT molecular complexity index is 527. The average Bonchev–Trinajstić information content (AvgIpc) is 2.79. The van der Waals surface area contributed by atoms with Gasteiger partial charge >= 0.3 is 0 Å². The van der Waals surface area contributed by atoms with Gasteiger partial charge in [0.1, 0.15) is 0 Å². The first kappa shape index (κ1) is 13.2. The van der Waals surface area contributed by atoms with Gasteiger partial charge in [0.2, 0.25) is 0 Å². The standard InChI is InChI=1S/C15H19ClN2/c1-4-11(5-2)13-7-6-12(16)10-14(13)15-8-9-18(3)17-15/h6-11H,4-5H2,1-3H3. The minimum atomic E-state index is 0.569. The van der Waals surface area contributed by atoms with Crippen LogP contribution in [-0.2, 0) is 7.05 Å². The highest BCUT2D eigenvalue weighted by molar-refractivity contribution is 6.30. The second-order valence-electron chi connectivity index (χ2n) is 4.62. The summed E-state index contributed by atoms with van der Waals surface area (Å²) in [6.45, 7) is 4.45. The maximum Gasteiger partial charge on any atom is 0.0926 e. The molecule has 0 radical (unpaired) electrons. The normalized spacial score (nSPS) is 11.2. The molecule has 2 aromatic rings. The third kappa shape index (κ3) is 2.59. The molecule has 0 atom stereocenters. The lowest BCUT2D eigenvalue weighted by Gasteiger charge is -2.17. The Morgan fingerprint density at radius 2 is 1.94 bits per heavy atom. The van der Waals surface area contributed by atoms with Crippen LogP contribution in [0.5, 0.6) is 0 Å². The Balaban J connectivity index is 2.53. The fourth-order valence-corrected chi connectivity index (χ4v) is 2.57. The van der Waals surface area contributed by atoms with Gasteiger partial charge in [0.25, 0.3) is 0 Å². The fraction of sp³-hybridized carbons (Fsp3) is 0.400. The fourth-order valence-electron chi connectivity index (χ4n) is 2.39. The van der Waals surface area contributed by atoms with Gasteiger partial charge < -0.3 is 0 Å². The molecule has 0 fully saturated rings. The second kappa shape index (κ2) is 5.57. The van der Waals surface area contributed by atoms with Gasteiger partial charge in [-0.1, -0.05) is 31.5 Å². The van der Waals surface area contributed by atoms with E-state index in [0.717, 1.165) is 29.1 Å². The molecule has 2 nitrogen and oxygen atoms in total. The van der Waals surface area contributed by atoms with Crippen molar-refractivity contribution < 1.29 is 0 Å². The van der Waals surface area contributed by atoms with Crippen molar-refractivity contribution in [3.05, 3.63) is 41.0 Å². The highest BCUT2D eigenvalue weighted by Crippen LogP contribution is 2.34. The van der Waals surface area contributed by atoms with Crippen molar-refractivity contribution in [3.8, 4) is 11.3 Å². The first-order valence-corrected chi connectivity index (χ1v) is 6.83. The molecule has 0 unspecified atom stereocenters. The SMILES string of the molecule is CCC(CC)c1ccc(Cl)cc1-c1ccn(C)n1. The van der Waals surface area contributed by atoms with Gasteiger partial charge in [0.15, 0.2) is 0 Å². The predicted molar refractivity (Wildman–Crippen MR) is 77.0 cm³/mol. The molecule has 0 N–H and O–H groups in total. The van der Waals surface area contributed by atoms with Crippen molar-refractivity contribution in [3.63, 3.8) is 0 Å². The van der Waals surface area contributed by atoms with Gasteiger partial charge in [0, 0.05) is 23.8 Å². The van der Waals surface area contributed by atoms with E-state index in [-0.39, 0.29) is 0 Å². The first-order valence-electron chi connectivity index (χ1n) is 6.45. The number of rotatable bonds is 4. The predicted octanol–water partition coefficient (Wildman–Crippen LogP) is 4.64. The molecule has 0 amide bonds. The molecule has 0 aliphatic rings. The van der Waals surface area contributed by atoms with Crippen LogP contribution in [0.25, 0.3) is 11.3 Å². The van der Waals surface area contributed by atoms with Crippen molar-refractivity contribution in [2.75, 3.05) is 0 Å². The van der Waals surface area contributed by atoms with E-state index in [2.05, 4.69) is 25.0 Å². The summed E-state index contributed by atoms with van der Waals surface area (Å²) < 4.78 is 1.83.